The summed E-state index contributed by atoms with van der Waals surface area (Å²) in [6.07, 6.45) is 4.49. The molecule has 7 rings (SSSR count). The highest BCUT2D eigenvalue weighted by Crippen LogP contribution is 2.47. The van der Waals surface area contributed by atoms with Gasteiger partial charge in [0.25, 0.3) is 0 Å². The maximum absolute atomic E-state index is 5.15. The predicted molar refractivity (Wildman–Crippen MR) is 149 cm³/mol. The Kier molecular flexibility index (Phi) is 4.92. The van der Waals surface area contributed by atoms with Gasteiger partial charge in [-0.2, -0.15) is 0 Å². The van der Waals surface area contributed by atoms with Crippen LogP contribution in [-0.2, 0) is 6.54 Å². The molecule has 1 atom stereocenters. The lowest BCUT2D eigenvalue weighted by molar-refractivity contribution is 0.903. The summed E-state index contributed by atoms with van der Waals surface area (Å²) in [6.45, 7) is 0.801. The second-order valence-electron chi connectivity index (χ2n) is 9.37. The smallest absolute Gasteiger partial charge is 0.0709 e. The van der Waals surface area contributed by atoms with Crippen molar-refractivity contribution < 1.29 is 0 Å². The molecule has 4 aromatic carbocycles. The van der Waals surface area contributed by atoms with Crippen LogP contribution in [0.3, 0.4) is 0 Å². The van der Waals surface area contributed by atoms with Crippen molar-refractivity contribution in [2.24, 2.45) is 0 Å². The van der Waals surface area contributed by atoms with Gasteiger partial charge in [-0.05, 0) is 41.0 Å². The number of nitrogens with zero attached hydrogens (tertiary/aromatic N) is 2. The molecule has 3 nitrogen and oxygen atoms in total. The van der Waals surface area contributed by atoms with Crippen LogP contribution in [0.2, 0.25) is 0 Å². The van der Waals surface area contributed by atoms with E-state index in [1.165, 1.54) is 33.3 Å². The van der Waals surface area contributed by atoms with Gasteiger partial charge < -0.3 is 9.88 Å². The monoisotopic (exact) mass is 463 g/mol. The van der Waals surface area contributed by atoms with E-state index in [9.17, 15) is 0 Å². The number of aromatic nitrogens is 2. The van der Waals surface area contributed by atoms with E-state index in [1.807, 2.05) is 0 Å². The van der Waals surface area contributed by atoms with Crippen LogP contribution in [0.15, 0.2) is 128 Å². The Labute approximate surface area is 210 Å². The summed E-state index contributed by atoms with van der Waals surface area (Å²) in [6, 6.07) is 40.7. The number of rotatable bonds is 4. The van der Waals surface area contributed by atoms with Crippen molar-refractivity contribution in [2.45, 2.75) is 12.5 Å². The molecule has 0 unspecified atom stereocenters. The number of para-hydroxylation sites is 3. The highest BCUT2D eigenvalue weighted by Gasteiger charge is 2.31. The number of fused-ring (bicyclic) bond motifs is 3. The van der Waals surface area contributed by atoms with Crippen LogP contribution in [0.4, 0.5) is 5.69 Å². The normalized spacial score (nSPS) is 15.2. The van der Waals surface area contributed by atoms with Gasteiger partial charge in [0, 0.05) is 52.4 Å². The number of pyridine rings is 1. The molecule has 0 radical (unpaired) electrons. The fraction of sp³-hybridized carbons (Fsp3) is 0.0606. The van der Waals surface area contributed by atoms with Crippen LogP contribution in [0.25, 0.3) is 27.4 Å². The van der Waals surface area contributed by atoms with E-state index in [2.05, 4.69) is 138 Å². The van der Waals surface area contributed by atoms with Gasteiger partial charge in [0.1, 0.15) is 0 Å². The lowest BCUT2D eigenvalue weighted by atomic mass is 9.80. The number of hydrogen-bond acceptors (Lipinski definition) is 2. The van der Waals surface area contributed by atoms with Gasteiger partial charge in [0.15, 0.2) is 0 Å². The summed E-state index contributed by atoms with van der Waals surface area (Å²) in [4.78, 5) is 11.0. The van der Waals surface area contributed by atoms with Crippen molar-refractivity contribution in [2.75, 3.05) is 4.90 Å². The third kappa shape index (κ3) is 3.48. The summed E-state index contributed by atoms with van der Waals surface area (Å²) >= 11 is 0. The first kappa shape index (κ1) is 20.7. The van der Waals surface area contributed by atoms with Gasteiger partial charge in [0.05, 0.1) is 11.2 Å². The molecule has 0 fully saturated rings. The minimum Gasteiger partial charge on any atom is -0.361 e. The highest BCUT2D eigenvalue weighted by molar-refractivity contribution is 5.92. The molecule has 0 bridgehead atoms. The third-order valence-electron chi connectivity index (χ3n) is 7.19. The second-order valence-corrected chi connectivity index (χ2v) is 9.37. The van der Waals surface area contributed by atoms with Crippen molar-refractivity contribution >= 4 is 33.1 Å². The molecule has 0 spiro atoms. The van der Waals surface area contributed by atoms with E-state index >= 15 is 0 Å². The molecular weight excluding hydrogens is 438 g/mol. The number of nitrogens with one attached hydrogen (secondary N) is 1. The van der Waals surface area contributed by atoms with Gasteiger partial charge in [-0.1, -0.05) is 91.0 Å². The number of benzene rings is 4. The Morgan fingerprint density at radius 3 is 2.42 bits per heavy atom. The van der Waals surface area contributed by atoms with E-state index in [0.29, 0.717) is 0 Å². The van der Waals surface area contributed by atoms with Crippen LogP contribution in [-0.4, -0.2) is 9.97 Å². The Morgan fingerprint density at radius 1 is 0.694 bits per heavy atom. The summed E-state index contributed by atoms with van der Waals surface area (Å²) in [5.74, 6) is 0.0676. The summed E-state index contributed by atoms with van der Waals surface area (Å²) in [7, 11) is 0. The molecule has 0 saturated heterocycles. The molecule has 2 aromatic heterocycles. The topological polar surface area (TPSA) is 31.9 Å². The molecule has 36 heavy (non-hydrogen) atoms. The fourth-order valence-corrected chi connectivity index (χ4v) is 5.49. The van der Waals surface area contributed by atoms with Gasteiger partial charge in [0.2, 0.25) is 0 Å². The SMILES string of the molecule is C1=C(c2ccc3ccccc3n2)[C@H](c2c[nH]c3ccccc23)c2ccccc2N1Cc1ccccc1. The average Bonchev–Trinajstić information content (AvgIpc) is 3.37. The Balaban J connectivity index is 1.46. The zero-order chi connectivity index (χ0) is 23.9. The summed E-state index contributed by atoms with van der Waals surface area (Å²) in [5, 5.41) is 2.41. The molecule has 3 heteroatoms. The predicted octanol–water partition coefficient (Wildman–Crippen LogP) is 7.91. The summed E-state index contributed by atoms with van der Waals surface area (Å²) in [5.41, 5.74) is 9.48. The zero-order valence-corrected chi connectivity index (χ0v) is 19.8. The van der Waals surface area contributed by atoms with Crippen molar-refractivity contribution in [3.05, 3.63) is 150 Å². The quantitative estimate of drug-likeness (QED) is 0.288. The largest absolute Gasteiger partial charge is 0.361 e. The van der Waals surface area contributed by atoms with E-state index in [1.54, 1.807) is 0 Å². The number of anilines is 1. The second kappa shape index (κ2) is 8.54. The van der Waals surface area contributed by atoms with Crippen molar-refractivity contribution in [3.8, 4) is 0 Å². The molecule has 0 amide bonds. The van der Waals surface area contributed by atoms with Crippen LogP contribution in [0, 0.1) is 0 Å². The first-order valence-electron chi connectivity index (χ1n) is 12.4. The minimum atomic E-state index is 0.0676. The van der Waals surface area contributed by atoms with Crippen LogP contribution in [0.5, 0.6) is 0 Å². The average molecular weight is 464 g/mol. The van der Waals surface area contributed by atoms with Crippen LogP contribution < -0.4 is 4.90 Å². The zero-order valence-electron chi connectivity index (χ0n) is 19.8. The van der Waals surface area contributed by atoms with Crippen LogP contribution >= 0.6 is 0 Å². The fourth-order valence-electron chi connectivity index (χ4n) is 5.49. The van der Waals surface area contributed by atoms with E-state index < -0.39 is 0 Å². The van der Waals surface area contributed by atoms with Crippen molar-refractivity contribution in [1.29, 1.82) is 0 Å². The molecule has 0 saturated carbocycles. The first-order chi connectivity index (χ1) is 17.8. The Morgan fingerprint density at radius 2 is 1.47 bits per heavy atom. The number of allylic oxidation sites excluding steroid dienone is 1. The molecule has 1 aliphatic rings. The molecular formula is C33H25N3. The van der Waals surface area contributed by atoms with Gasteiger partial charge in [-0.3, -0.25) is 0 Å². The summed E-state index contributed by atoms with van der Waals surface area (Å²) < 4.78 is 0. The third-order valence-corrected chi connectivity index (χ3v) is 7.19. The number of aromatic amines is 1. The van der Waals surface area contributed by atoms with Gasteiger partial charge in [-0.15, -0.1) is 0 Å². The lowest BCUT2D eigenvalue weighted by Crippen LogP contribution is -2.24. The van der Waals surface area contributed by atoms with Crippen molar-refractivity contribution in [3.63, 3.8) is 0 Å². The Hall–Kier alpha value is -4.63. The maximum atomic E-state index is 5.15. The maximum Gasteiger partial charge on any atom is 0.0709 e. The number of H-pyrrole nitrogens is 1. The standard InChI is InChI=1S/C33H25N3/c1-2-10-23(11-3-1)21-36-22-28(31-19-18-24-12-4-7-15-29(24)35-31)33(26-14-6-9-17-32(26)36)27-20-34-30-16-8-5-13-25(27)30/h1-20,22,33-34H,21H2/t33-/m0/s1. The van der Waals surface area contributed by atoms with Crippen molar-refractivity contribution in [1.82, 2.24) is 9.97 Å². The van der Waals surface area contributed by atoms with Crippen LogP contribution in [0.1, 0.15) is 28.3 Å². The number of hydrogen-bond donors (Lipinski definition) is 1. The van der Waals surface area contributed by atoms with E-state index in [0.717, 1.165) is 28.7 Å². The molecule has 1 aliphatic heterocycles. The minimum absolute atomic E-state index is 0.0676. The van der Waals surface area contributed by atoms with E-state index in [4.69, 9.17) is 4.98 Å². The van der Waals surface area contributed by atoms with Gasteiger partial charge in [-0.25, -0.2) is 4.98 Å². The molecule has 0 aliphatic carbocycles. The molecule has 172 valence electrons. The molecule has 6 aromatic rings. The highest BCUT2D eigenvalue weighted by atomic mass is 15.1. The Bertz CT molecular complexity index is 1730. The lowest BCUT2D eigenvalue weighted by Gasteiger charge is -2.35. The van der Waals surface area contributed by atoms with Gasteiger partial charge >= 0.3 is 0 Å². The molecule has 3 heterocycles. The molecule has 1 N–H and O–H groups in total. The first-order valence-corrected chi connectivity index (χ1v) is 12.4. The van der Waals surface area contributed by atoms with E-state index in [-0.39, 0.29) is 5.92 Å².